The van der Waals surface area contributed by atoms with E-state index < -0.39 is 6.09 Å². The van der Waals surface area contributed by atoms with Gasteiger partial charge in [0.1, 0.15) is 11.0 Å². The lowest BCUT2D eigenvalue weighted by molar-refractivity contribution is 0.198. The average Bonchev–Trinajstić information content (AvgIpc) is 3.25. The van der Waals surface area contributed by atoms with Crippen LogP contribution in [0.3, 0.4) is 0 Å². The summed E-state index contributed by atoms with van der Waals surface area (Å²) in [6.07, 6.45) is 1.92. The largest absolute Gasteiger partial charge is 0.434 e. The first-order valence-corrected chi connectivity index (χ1v) is 8.61. The van der Waals surface area contributed by atoms with Gasteiger partial charge in [0.2, 0.25) is 0 Å². The summed E-state index contributed by atoms with van der Waals surface area (Å²) >= 11 is 6.67. The smallest absolute Gasteiger partial charge is 0.434 e. The van der Waals surface area contributed by atoms with Crippen molar-refractivity contribution < 1.29 is 13.9 Å². The molecule has 0 bridgehead atoms. The van der Waals surface area contributed by atoms with Crippen LogP contribution < -0.4 is 15.7 Å². The number of carbonyl (C=O) groups excluding carboxylic acids is 1. The van der Waals surface area contributed by atoms with Crippen LogP contribution in [0.4, 0.5) is 4.79 Å². The lowest BCUT2D eigenvalue weighted by Gasteiger charge is -2.08. The first kappa shape index (κ1) is 16.2. The molecule has 0 unspecified atom stereocenters. The van der Waals surface area contributed by atoms with Gasteiger partial charge >= 0.3 is 6.09 Å². The molecule has 0 aliphatic rings. The van der Waals surface area contributed by atoms with Crippen LogP contribution in [0.15, 0.2) is 59.5 Å². The second-order valence-corrected chi connectivity index (χ2v) is 6.73. The lowest BCUT2D eigenvalue weighted by atomic mass is 10.3. The van der Waals surface area contributed by atoms with Crippen LogP contribution in [0.1, 0.15) is 0 Å². The number of carbonyl (C=O) groups is 1. The monoisotopic (exact) mass is 385 g/mol. The van der Waals surface area contributed by atoms with Crippen LogP contribution in [0.2, 0.25) is 0 Å². The maximum absolute atomic E-state index is 11.9. The van der Waals surface area contributed by atoms with E-state index in [0.717, 1.165) is 10.4 Å². The Morgan fingerprint density at radius 3 is 2.81 bits per heavy atom. The minimum atomic E-state index is -0.800. The Kier molecular flexibility index (Phi) is 4.11. The zero-order chi connectivity index (χ0) is 18.1. The molecule has 0 saturated carbocycles. The van der Waals surface area contributed by atoms with Crippen LogP contribution in [0.25, 0.3) is 16.0 Å². The van der Waals surface area contributed by atoms with Crippen molar-refractivity contribution in [3.8, 4) is 11.6 Å². The zero-order valence-corrected chi connectivity index (χ0v) is 14.7. The normalized spacial score (nSPS) is 10.8. The van der Waals surface area contributed by atoms with Gasteiger partial charge in [0, 0.05) is 11.8 Å². The lowest BCUT2D eigenvalue weighted by Crippen LogP contribution is -2.34. The molecule has 0 spiro atoms. The summed E-state index contributed by atoms with van der Waals surface area (Å²) in [4.78, 5) is 16.3. The standard InChI is InChI=1S/C16H11N5O3S2/c17-13-12-14(21(16(25)26-12)10-5-2-1-3-6-10)18-9-20(13)19-15(22)24-11-7-4-8-23-11/h1-9,17H,(H,19,22). The summed E-state index contributed by atoms with van der Waals surface area (Å²) in [7, 11) is 0. The molecule has 0 fully saturated rings. The summed E-state index contributed by atoms with van der Waals surface area (Å²) in [6.45, 7) is 0. The second-order valence-electron chi connectivity index (χ2n) is 5.09. The molecule has 0 atom stereocenters. The predicted octanol–water partition coefficient (Wildman–Crippen LogP) is 3.43. The molecule has 3 heterocycles. The van der Waals surface area contributed by atoms with Crippen molar-refractivity contribution in [1.29, 1.82) is 5.41 Å². The van der Waals surface area contributed by atoms with Crippen molar-refractivity contribution >= 4 is 40.0 Å². The molecule has 26 heavy (non-hydrogen) atoms. The Morgan fingerprint density at radius 1 is 1.27 bits per heavy atom. The highest BCUT2D eigenvalue weighted by molar-refractivity contribution is 7.73. The van der Waals surface area contributed by atoms with Gasteiger partial charge in [0.05, 0.1) is 6.26 Å². The molecule has 8 nitrogen and oxygen atoms in total. The maximum Gasteiger partial charge on any atom is 0.434 e. The van der Waals surface area contributed by atoms with Gasteiger partial charge in [0.15, 0.2) is 15.1 Å². The number of hydrogen-bond acceptors (Lipinski definition) is 7. The Bertz CT molecular complexity index is 1190. The number of thiazole rings is 1. The number of nitrogens with zero attached hydrogens (tertiary/aromatic N) is 3. The fourth-order valence-electron chi connectivity index (χ4n) is 2.34. The molecule has 4 aromatic rings. The minimum Gasteiger partial charge on any atom is -0.434 e. The van der Waals surface area contributed by atoms with Crippen LogP contribution in [-0.2, 0) is 0 Å². The molecular formula is C16H11N5O3S2. The number of aromatic nitrogens is 3. The summed E-state index contributed by atoms with van der Waals surface area (Å²) < 4.78 is 13.9. The summed E-state index contributed by atoms with van der Waals surface area (Å²) in [5.41, 5.74) is 3.87. The predicted molar refractivity (Wildman–Crippen MR) is 97.7 cm³/mol. The number of fused-ring (bicyclic) bond motifs is 1. The summed E-state index contributed by atoms with van der Waals surface area (Å²) in [5.74, 6) is 0.0505. The van der Waals surface area contributed by atoms with E-state index in [2.05, 4.69) is 10.4 Å². The highest BCUT2D eigenvalue weighted by atomic mass is 32.1. The van der Waals surface area contributed by atoms with Gasteiger partial charge in [-0.2, -0.15) is 0 Å². The van der Waals surface area contributed by atoms with E-state index in [-0.39, 0.29) is 11.4 Å². The van der Waals surface area contributed by atoms with E-state index in [1.807, 2.05) is 30.3 Å². The summed E-state index contributed by atoms with van der Waals surface area (Å²) in [6, 6.07) is 12.6. The third-order valence-electron chi connectivity index (χ3n) is 3.45. The number of nitrogens with one attached hydrogen (secondary N) is 2. The van der Waals surface area contributed by atoms with Crippen LogP contribution in [-0.4, -0.2) is 20.3 Å². The van der Waals surface area contributed by atoms with Crippen LogP contribution >= 0.6 is 23.6 Å². The van der Waals surface area contributed by atoms with Crippen LogP contribution in [0, 0.1) is 9.36 Å². The van der Waals surface area contributed by atoms with Gasteiger partial charge < -0.3 is 9.15 Å². The highest BCUT2D eigenvalue weighted by Crippen LogP contribution is 2.22. The van der Waals surface area contributed by atoms with E-state index in [9.17, 15) is 4.79 Å². The van der Waals surface area contributed by atoms with E-state index in [1.54, 1.807) is 10.6 Å². The Hall–Kier alpha value is -3.24. The molecule has 1 amide bonds. The van der Waals surface area contributed by atoms with E-state index in [0.29, 0.717) is 14.3 Å². The number of benzene rings is 1. The van der Waals surface area contributed by atoms with E-state index in [4.69, 9.17) is 26.8 Å². The first-order valence-electron chi connectivity index (χ1n) is 7.39. The van der Waals surface area contributed by atoms with Gasteiger partial charge in [-0.3, -0.25) is 9.98 Å². The molecule has 4 rings (SSSR count). The van der Waals surface area contributed by atoms with Crippen molar-refractivity contribution in [3.63, 3.8) is 0 Å². The van der Waals surface area contributed by atoms with Crippen molar-refractivity contribution in [1.82, 2.24) is 14.2 Å². The Labute approximate surface area is 155 Å². The number of ether oxygens (including phenoxy) is 1. The number of hydrogen-bond donors (Lipinski definition) is 2. The molecule has 3 aromatic heterocycles. The van der Waals surface area contributed by atoms with Crippen LogP contribution in [0.5, 0.6) is 5.95 Å². The molecule has 0 aliphatic carbocycles. The van der Waals surface area contributed by atoms with Gasteiger partial charge in [-0.15, -0.1) is 0 Å². The Balaban J connectivity index is 1.71. The number of para-hydroxylation sites is 1. The molecular weight excluding hydrogens is 374 g/mol. The number of amides is 1. The molecule has 0 aliphatic heterocycles. The second kappa shape index (κ2) is 6.58. The zero-order valence-electron chi connectivity index (χ0n) is 13.1. The fraction of sp³-hybridized carbons (Fsp3) is 0. The quantitative estimate of drug-likeness (QED) is 0.527. The summed E-state index contributed by atoms with van der Waals surface area (Å²) in [5, 5.41) is 8.34. The molecule has 10 heteroatoms. The van der Waals surface area contributed by atoms with Crippen molar-refractivity contribution in [3.05, 3.63) is 64.5 Å². The van der Waals surface area contributed by atoms with Crippen molar-refractivity contribution in [2.45, 2.75) is 0 Å². The third-order valence-corrected chi connectivity index (χ3v) is 4.82. The fourth-order valence-corrected chi connectivity index (χ4v) is 3.67. The third kappa shape index (κ3) is 2.91. The number of rotatable bonds is 3. The van der Waals surface area contributed by atoms with Gasteiger partial charge in [-0.1, -0.05) is 29.5 Å². The van der Waals surface area contributed by atoms with Gasteiger partial charge in [-0.25, -0.2) is 19.9 Å². The molecule has 130 valence electrons. The highest BCUT2D eigenvalue weighted by Gasteiger charge is 2.13. The van der Waals surface area contributed by atoms with E-state index >= 15 is 0 Å². The van der Waals surface area contributed by atoms with Gasteiger partial charge in [0.25, 0.3) is 5.95 Å². The van der Waals surface area contributed by atoms with Crippen molar-refractivity contribution in [2.24, 2.45) is 0 Å². The topological polar surface area (TPSA) is 98.1 Å². The molecule has 2 N–H and O–H groups in total. The first-order chi connectivity index (χ1) is 12.6. The van der Waals surface area contributed by atoms with E-state index in [1.165, 1.54) is 30.0 Å². The van der Waals surface area contributed by atoms with Crippen molar-refractivity contribution in [2.75, 3.05) is 5.43 Å². The number of furan rings is 1. The minimum absolute atomic E-state index is 0.0391. The van der Waals surface area contributed by atoms with Gasteiger partial charge in [-0.05, 0) is 30.4 Å². The maximum atomic E-state index is 11.9. The average molecular weight is 385 g/mol. The molecule has 1 aromatic carbocycles. The molecule has 0 radical (unpaired) electrons. The molecule has 0 saturated heterocycles. The SMILES string of the molecule is N=c1c2sc(=S)n(-c3ccccc3)c2ncn1NC(=O)Oc1ccco1. The Morgan fingerprint density at radius 2 is 2.08 bits per heavy atom.